The number of benzene rings is 2. The second kappa shape index (κ2) is 5.06. The molecule has 0 heterocycles. The molecule has 0 radical (unpaired) electrons. The minimum absolute atomic E-state index is 0.408. The molecule has 0 aliphatic carbocycles. The number of rotatable bonds is 3. The summed E-state index contributed by atoms with van der Waals surface area (Å²) in [7, 11) is 0. The molecule has 0 bridgehead atoms. The van der Waals surface area contributed by atoms with Crippen LogP contribution in [0.2, 0.25) is 0 Å². The molecule has 0 unspecified atom stereocenters. The third-order valence-electron chi connectivity index (χ3n) is 2.60. The van der Waals surface area contributed by atoms with E-state index < -0.39 is 11.6 Å². The molecule has 2 N–H and O–H groups in total. The molecule has 0 amide bonds. The second-order valence-electron chi connectivity index (χ2n) is 3.86. The van der Waals surface area contributed by atoms with Crippen LogP contribution >= 0.6 is 0 Å². The van der Waals surface area contributed by atoms with Crippen molar-refractivity contribution >= 4 is 0 Å². The van der Waals surface area contributed by atoms with Gasteiger partial charge in [0.15, 0.2) is 0 Å². The molecule has 0 atom stereocenters. The molecule has 2 rings (SSSR count). The Balaban J connectivity index is 2.42. The fraction of sp³-hybridized carbons (Fsp3) is 0.143. The molecule has 1 nitrogen and oxygen atoms in total. The first-order valence-corrected chi connectivity index (χ1v) is 5.45. The molecule has 3 heteroatoms. The largest absolute Gasteiger partial charge is 0.330 e. The van der Waals surface area contributed by atoms with Crippen molar-refractivity contribution in [2.75, 3.05) is 6.54 Å². The molecule has 0 aromatic heterocycles. The van der Waals surface area contributed by atoms with Gasteiger partial charge in [0, 0.05) is 11.6 Å². The average Bonchev–Trinajstić information content (AvgIpc) is 2.29. The number of hydrogen-bond donors (Lipinski definition) is 1. The summed E-state index contributed by atoms with van der Waals surface area (Å²) in [6.45, 7) is 0.551. The van der Waals surface area contributed by atoms with Gasteiger partial charge in [-0.3, -0.25) is 0 Å². The van der Waals surface area contributed by atoms with Crippen molar-refractivity contribution in [1.29, 1.82) is 0 Å². The summed E-state index contributed by atoms with van der Waals surface area (Å²) in [4.78, 5) is 0. The normalized spacial score (nSPS) is 10.5. The zero-order chi connectivity index (χ0) is 12.3. The Labute approximate surface area is 98.9 Å². The van der Waals surface area contributed by atoms with E-state index in [-0.39, 0.29) is 0 Å². The minimum atomic E-state index is -0.565. The van der Waals surface area contributed by atoms with E-state index in [0.717, 1.165) is 23.6 Å². The van der Waals surface area contributed by atoms with E-state index in [9.17, 15) is 8.78 Å². The summed E-state index contributed by atoms with van der Waals surface area (Å²) in [6.07, 6.45) is 0.747. The van der Waals surface area contributed by atoms with Crippen LogP contribution < -0.4 is 5.73 Å². The van der Waals surface area contributed by atoms with Crippen LogP contribution in [0.15, 0.2) is 42.5 Å². The van der Waals surface area contributed by atoms with E-state index >= 15 is 0 Å². The second-order valence-corrected chi connectivity index (χ2v) is 3.86. The highest BCUT2D eigenvalue weighted by atomic mass is 19.1. The van der Waals surface area contributed by atoms with Crippen LogP contribution in [0.3, 0.4) is 0 Å². The highest BCUT2D eigenvalue weighted by Crippen LogP contribution is 2.24. The quantitative estimate of drug-likeness (QED) is 0.866. The Kier molecular flexibility index (Phi) is 3.49. The van der Waals surface area contributed by atoms with E-state index in [1.807, 2.05) is 18.2 Å². The summed E-state index contributed by atoms with van der Waals surface area (Å²) < 4.78 is 26.4. The van der Waals surface area contributed by atoms with Crippen molar-refractivity contribution in [3.05, 3.63) is 59.7 Å². The number of nitrogens with two attached hydrogens (primary N) is 1. The lowest BCUT2D eigenvalue weighted by Gasteiger charge is -2.06. The predicted molar refractivity (Wildman–Crippen MR) is 64.6 cm³/mol. The van der Waals surface area contributed by atoms with Gasteiger partial charge >= 0.3 is 0 Å². The van der Waals surface area contributed by atoms with Crippen molar-refractivity contribution in [3.63, 3.8) is 0 Å². The van der Waals surface area contributed by atoms with Gasteiger partial charge in [-0.15, -0.1) is 0 Å². The first-order valence-electron chi connectivity index (χ1n) is 5.45. The molecule has 17 heavy (non-hydrogen) atoms. The van der Waals surface area contributed by atoms with Crippen molar-refractivity contribution in [2.24, 2.45) is 5.73 Å². The fourth-order valence-electron chi connectivity index (χ4n) is 1.78. The van der Waals surface area contributed by atoms with Crippen LogP contribution in [-0.2, 0) is 6.42 Å². The van der Waals surface area contributed by atoms with Gasteiger partial charge in [0.25, 0.3) is 0 Å². The molecule has 2 aromatic carbocycles. The third-order valence-corrected chi connectivity index (χ3v) is 2.60. The van der Waals surface area contributed by atoms with Crippen LogP contribution in [0.5, 0.6) is 0 Å². The lowest BCUT2D eigenvalue weighted by molar-refractivity contribution is 0.585. The van der Waals surface area contributed by atoms with Gasteiger partial charge in [-0.1, -0.05) is 24.3 Å². The van der Waals surface area contributed by atoms with E-state index in [1.54, 1.807) is 6.07 Å². The molecule has 0 fully saturated rings. The zero-order valence-corrected chi connectivity index (χ0v) is 9.29. The van der Waals surface area contributed by atoms with Gasteiger partial charge in [0.1, 0.15) is 11.6 Å². The Bertz CT molecular complexity index is 523. The molecular formula is C14H13F2N. The standard InChI is InChI=1S/C14H13F2N/c15-12-4-5-13(14(16)9-12)11-3-1-2-10(8-11)6-7-17/h1-5,8-9H,6-7,17H2. The smallest absolute Gasteiger partial charge is 0.133 e. The Morgan fingerprint density at radius 3 is 2.53 bits per heavy atom. The van der Waals surface area contributed by atoms with Gasteiger partial charge in [-0.05, 0) is 36.2 Å². The van der Waals surface area contributed by atoms with Crippen LogP contribution in [0.25, 0.3) is 11.1 Å². The Hall–Kier alpha value is -1.74. The van der Waals surface area contributed by atoms with Crippen molar-refractivity contribution in [1.82, 2.24) is 0 Å². The van der Waals surface area contributed by atoms with E-state index in [2.05, 4.69) is 0 Å². The van der Waals surface area contributed by atoms with Crippen LogP contribution in [0.4, 0.5) is 8.78 Å². The molecule has 0 saturated carbocycles. The monoisotopic (exact) mass is 233 g/mol. The van der Waals surface area contributed by atoms with E-state index in [4.69, 9.17) is 5.73 Å². The van der Waals surface area contributed by atoms with E-state index in [0.29, 0.717) is 12.1 Å². The third kappa shape index (κ3) is 2.68. The summed E-state index contributed by atoms with van der Waals surface area (Å²) in [5, 5.41) is 0. The predicted octanol–water partition coefficient (Wildman–Crippen LogP) is 3.13. The summed E-state index contributed by atoms with van der Waals surface area (Å²) in [5.74, 6) is -1.11. The average molecular weight is 233 g/mol. The molecule has 0 saturated heterocycles. The lowest BCUT2D eigenvalue weighted by atomic mass is 10.0. The molecule has 2 aromatic rings. The first-order chi connectivity index (χ1) is 8.20. The maximum absolute atomic E-state index is 13.6. The zero-order valence-electron chi connectivity index (χ0n) is 9.29. The fourth-order valence-corrected chi connectivity index (χ4v) is 1.78. The molecule has 88 valence electrons. The van der Waals surface area contributed by atoms with Crippen molar-refractivity contribution in [3.8, 4) is 11.1 Å². The number of halogens is 2. The Morgan fingerprint density at radius 1 is 1.00 bits per heavy atom. The Morgan fingerprint density at radius 2 is 1.82 bits per heavy atom. The summed E-state index contributed by atoms with van der Waals surface area (Å²) >= 11 is 0. The van der Waals surface area contributed by atoms with Crippen LogP contribution in [-0.4, -0.2) is 6.54 Å². The van der Waals surface area contributed by atoms with Gasteiger partial charge in [-0.2, -0.15) is 0 Å². The van der Waals surface area contributed by atoms with Gasteiger partial charge in [0.05, 0.1) is 0 Å². The molecule has 0 aliphatic heterocycles. The maximum Gasteiger partial charge on any atom is 0.133 e. The summed E-state index contributed by atoms with van der Waals surface area (Å²) in [6, 6.07) is 11.1. The number of hydrogen-bond acceptors (Lipinski definition) is 1. The molecule has 0 spiro atoms. The molecule has 0 aliphatic rings. The highest BCUT2D eigenvalue weighted by Gasteiger charge is 2.06. The van der Waals surface area contributed by atoms with Gasteiger partial charge < -0.3 is 5.73 Å². The lowest BCUT2D eigenvalue weighted by Crippen LogP contribution is -2.02. The van der Waals surface area contributed by atoms with E-state index in [1.165, 1.54) is 12.1 Å². The van der Waals surface area contributed by atoms with Crippen molar-refractivity contribution in [2.45, 2.75) is 6.42 Å². The topological polar surface area (TPSA) is 26.0 Å². The van der Waals surface area contributed by atoms with Gasteiger partial charge in [-0.25, -0.2) is 8.78 Å². The minimum Gasteiger partial charge on any atom is -0.330 e. The van der Waals surface area contributed by atoms with Crippen molar-refractivity contribution < 1.29 is 8.78 Å². The maximum atomic E-state index is 13.6. The highest BCUT2D eigenvalue weighted by molar-refractivity contribution is 5.64. The van der Waals surface area contributed by atoms with Gasteiger partial charge in [0.2, 0.25) is 0 Å². The van der Waals surface area contributed by atoms with Crippen LogP contribution in [0, 0.1) is 11.6 Å². The van der Waals surface area contributed by atoms with Crippen LogP contribution in [0.1, 0.15) is 5.56 Å². The first kappa shape index (κ1) is 11.7. The molecular weight excluding hydrogens is 220 g/mol. The summed E-state index contributed by atoms with van der Waals surface area (Å²) in [5.41, 5.74) is 7.68. The SMILES string of the molecule is NCCc1cccc(-c2ccc(F)cc2F)c1.